The fraction of sp³-hybridized carbons (Fsp3) is 0.143. The number of nitrogens with zero attached hydrogens (tertiary/aromatic N) is 3. The van der Waals surface area contributed by atoms with E-state index in [9.17, 15) is 17.6 Å². The minimum absolute atomic E-state index is 0.317. The lowest BCUT2D eigenvalue weighted by Crippen LogP contribution is -2.11. The van der Waals surface area contributed by atoms with E-state index >= 15 is 0 Å². The van der Waals surface area contributed by atoms with Crippen LogP contribution in [0.25, 0.3) is 11.0 Å². The van der Waals surface area contributed by atoms with E-state index in [1.54, 1.807) is 6.07 Å². The number of alkyl halides is 3. The molecule has 1 N–H and O–H groups in total. The van der Waals surface area contributed by atoms with E-state index in [4.69, 9.17) is 0 Å². The number of pyridine rings is 1. The van der Waals surface area contributed by atoms with E-state index in [2.05, 4.69) is 24.2 Å². The molecule has 0 saturated carbocycles. The summed E-state index contributed by atoms with van der Waals surface area (Å²) in [4.78, 5) is 13.5. The summed E-state index contributed by atoms with van der Waals surface area (Å²) in [6.07, 6.45) is -3.33. The van der Waals surface area contributed by atoms with Crippen molar-refractivity contribution >= 4 is 48.7 Å². The third-order valence-electron chi connectivity index (χ3n) is 4.63. The smallest absolute Gasteiger partial charge is 0.344 e. The summed E-state index contributed by atoms with van der Waals surface area (Å²) in [7, 11) is 4.48. The van der Waals surface area contributed by atoms with Crippen LogP contribution in [0.1, 0.15) is 11.5 Å². The quantitative estimate of drug-likeness (QED) is 0.235. The van der Waals surface area contributed by atoms with Crippen LogP contribution >= 0.6 is 21.0 Å². The summed E-state index contributed by atoms with van der Waals surface area (Å²) in [6, 6.07) is 12.7. The van der Waals surface area contributed by atoms with Gasteiger partial charge in [0.25, 0.3) is 0 Å². The first-order valence-corrected chi connectivity index (χ1v) is 10.7. The number of anilines is 2. The first kappa shape index (κ1) is 21.6. The molecule has 160 valence electrons. The van der Waals surface area contributed by atoms with Gasteiger partial charge in [-0.05, 0) is 47.8 Å². The minimum Gasteiger partial charge on any atom is -0.344 e. The minimum atomic E-state index is -4.48. The van der Waals surface area contributed by atoms with Crippen LogP contribution in [0.3, 0.4) is 0 Å². The molecule has 2 heterocycles. The standard InChI is InChI=1S/C21H17F4N4PS/c1-29(13-4-2-3-12(22)7-13)14-8-16-20(17(30)9-14)28-19(27-16)11-31-15-5-6-26-18(10-15)21(23,24)25/h2-10H,11,30H2,1H3,(H,27,28). The first-order chi connectivity index (χ1) is 14.7. The summed E-state index contributed by atoms with van der Waals surface area (Å²) < 4.78 is 52.1. The van der Waals surface area contributed by atoms with Gasteiger partial charge in [-0.1, -0.05) is 6.07 Å². The van der Waals surface area contributed by atoms with Crippen molar-refractivity contribution in [2.75, 3.05) is 11.9 Å². The molecule has 2 aromatic heterocycles. The lowest BCUT2D eigenvalue weighted by atomic mass is 10.2. The molecule has 1 atom stereocenters. The average molecular weight is 464 g/mol. The highest BCUT2D eigenvalue weighted by Crippen LogP contribution is 2.32. The second-order valence-electron chi connectivity index (χ2n) is 6.82. The second-order valence-corrected chi connectivity index (χ2v) is 8.49. The van der Waals surface area contributed by atoms with Gasteiger partial charge in [-0.25, -0.2) is 9.37 Å². The van der Waals surface area contributed by atoms with Crippen LogP contribution in [-0.2, 0) is 11.9 Å². The van der Waals surface area contributed by atoms with E-state index in [1.807, 2.05) is 30.1 Å². The molecule has 0 aliphatic carbocycles. The van der Waals surface area contributed by atoms with Gasteiger partial charge in [0.2, 0.25) is 0 Å². The zero-order valence-corrected chi connectivity index (χ0v) is 18.2. The Bertz CT molecular complexity index is 1240. The van der Waals surface area contributed by atoms with Gasteiger partial charge in [0.05, 0.1) is 16.8 Å². The predicted octanol–water partition coefficient (Wildman–Crippen LogP) is 5.68. The molecular formula is C21H17F4N4PS. The normalized spacial score (nSPS) is 11.8. The number of aromatic nitrogens is 3. The van der Waals surface area contributed by atoms with E-state index < -0.39 is 11.9 Å². The first-order valence-electron chi connectivity index (χ1n) is 9.14. The molecule has 0 radical (unpaired) electrons. The van der Waals surface area contributed by atoms with E-state index in [-0.39, 0.29) is 5.82 Å². The summed E-state index contributed by atoms with van der Waals surface area (Å²) >= 11 is 1.24. The number of hydrogen-bond donors (Lipinski definition) is 1. The van der Waals surface area contributed by atoms with Crippen LogP contribution in [-0.4, -0.2) is 22.0 Å². The van der Waals surface area contributed by atoms with Crippen LogP contribution in [0.4, 0.5) is 28.9 Å². The SMILES string of the molecule is CN(c1cccc(F)c1)c1cc(P)c2nc(CSc3ccnc(C(F)(F)F)c3)[nH]c2c1. The fourth-order valence-corrected chi connectivity index (χ4v) is 4.27. The van der Waals surface area contributed by atoms with Crippen molar-refractivity contribution in [2.45, 2.75) is 16.8 Å². The summed E-state index contributed by atoms with van der Waals surface area (Å²) in [5, 5.41) is 0.853. The molecule has 0 amide bonds. The monoisotopic (exact) mass is 464 g/mol. The molecule has 0 fully saturated rings. The van der Waals surface area contributed by atoms with Crippen molar-refractivity contribution in [3.05, 3.63) is 72.1 Å². The van der Waals surface area contributed by atoms with Gasteiger partial charge < -0.3 is 9.88 Å². The highest BCUT2D eigenvalue weighted by molar-refractivity contribution is 7.98. The molecule has 4 aromatic rings. The number of rotatable bonds is 5. The lowest BCUT2D eigenvalue weighted by Gasteiger charge is -2.20. The van der Waals surface area contributed by atoms with Crippen LogP contribution in [0.2, 0.25) is 0 Å². The molecule has 2 aromatic carbocycles. The Labute approximate surface area is 182 Å². The molecule has 0 aliphatic rings. The Kier molecular flexibility index (Phi) is 5.90. The zero-order chi connectivity index (χ0) is 22.2. The zero-order valence-electron chi connectivity index (χ0n) is 16.2. The van der Waals surface area contributed by atoms with Crippen LogP contribution in [0, 0.1) is 5.82 Å². The number of hydrogen-bond acceptors (Lipinski definition) is 4. The fourth-order valence-electron chi connectivity index (χ4n) is 3.08. The molecule has 0 bridgehead atoms. The second kappa shape index (κ2) is 8.48. The maximum Gasteiger partial charge on any atom is 0.433 e. The number of halogens is 4. The molecular weight excluding hydrogens is 447 g/mol. The van der Waals surface area contributed by atoms with E-state index in [0.717, 1.165) is 34.3 Å². The Morgan fingerprint density at radius 1 is 1.10 bits per heavy atom. The lowest BCUT2D eigenvalue weighted by molar-refractivity contribution is -0.141. The number of imidazole rings is 1. The van der Waals surface area contributed by atoms with Crippen molar-refractivity contribution in [3.8, 4) is 0 Å². The van der Waals surface area contributed by atoms with Gasteiger partial charge in [-0.3, -0.25) is 4.98 Å². The topological polar surface area (TPSA) is 44.8 Å². The van der Waals surface area contributed by atoms with Gasteiger partial charge in [-0.15, -0.1) is 21.0 Å². The van der Waals surface area contributed by atoms with Gasteiger partial charge in [0.1, 0.15) is 17.3 Å². The van der Waals surface area contributed by atoms with Crippen molar-refractivity contribution < 1.29 is 17.6 Å². The average Bonchev–Trinajstić information content (AvgIpc) is 3.15. The van der Waals surface area contributed by atoms with Gasteiger partial charge in [0.15, 0.2) is 0 Å². The highest BCUT2D eigenvalue weighted by Gasteiger charge is 2.32. The molecule has 0 saturated heterocycles. The Balaban J connectivity index is 1.57. The van der Waals surface area contributed by atoms with Crippen molar-refractivity contribution in [1.29, 1.82) is 0 Å². The Morgan fingerprint density at radius 3 is 2.65 bits per heavy atom. The molecule has 10 heteroatoms. The highest BCUT2D eigenvalue weighted by atomic mass is 32.2. The van der Waals surface area contributed by atoms with Crippen molar-refractivity contribution in [1.82, 2.24) is 15.0 Å². The van der Waals surface area contributed by atoms with Crippen LogP contribution in [0.15, 0.2) is 59.6 Å². The Hall–Kier alpha value is -2.64. The van der Waals surface area contributed by atoms with Gasteiger partial charge in [-0.2, -0.15) is 13.2 Å². The number of thioether (sulfide) groups is 1. The third-order valence-corrected chi connectivity index (χ3v) is 6.08. The summed E-state index contributed by atoms with van der Waals surface area (Å²) in [5.41, 5.74) is 2.17. The summed E-state index contributed by atoms with van der Waals surface area (Å²) in [5.74, 6) is 0.691. The van der Waals surface area contributed by atoms with Crippen LogP contribution in [0.5, 0.6) is 0 Å². The van der Waals surface area contributed by atoms with Crippen molar-refractivity contribution in [2.24, 2.45) is 0 Å². The third kappa shape index (κ3) is 4.83. The van der Waals surface area contributed by atoms with E-state index in [1.165, 1.54) is 30.0 Å². The summed E-state index contributed by atoms with van der Waals surface area (Å²) in [6.45, 7) is 0. The number of H-pyrrole nitrogens is 1. The number of aromatic amines is 1. The maximum absolute atomic E-state index is 13.6. The largest absolute Gasteiger partial charge is 0.433 e. The maximum atomic E-state index is 13.6. The molecule has 0 spiro atoms. The van der Waals surface area contributed by atoms with E-state index in [0.29, 0.717) is 22.2 Å². The molecule has 4 nitrogen and oxygen atoms in total. The van der Waals surface area contributed by atoms with Crippen LogP contribution < -0.4 is 10.2 Å². The number of benzene rings is 2. The molecule has 4 rings (SSSR count). The predicted molar refractivity (Wildman–Crippen MR) is 119 cm³/mol. The number of nitrogens with one attached hydrogen (secondary N) is 1. The van der Waals surface area contributed by atoms with Crippen molar-refractivity contribution in [3.63, 3.8) is 0 Å². The number of fused-ring (bicyclic) bond motifs is 1. The van der Waals surface area contributed by atoms with Gasteiger partial charge in [0, 0.05) is 29.5 Å². The molecule has 0 aliphatic heterocycles. The Morgan fingerprint density at radius 2 is 1.90 bits per heavy atom. The molecule has 1 unspecified atom stereocenters. The molecule has 31 heavy (non-hydrogen) atoms. The van der Waals surface area contributed by atoms with Gasteiger partial charge >= 0.3 is 6.18 Å².